The van der Waals surface area contributed by atoms with Gasteiger partial charge in [-0.15, -0.1) is 0 Å². The number of aromatic nitrogens is 2. The lowest BCUT2D eigenvalue weighted by Gasteiger charge is -2.10. The number of nitrogens with one attached hydrogen (secondary N) is 2. The summed E-state index contributed by atoms with van der Waals surface area (Å²) in [6, 6.07) is 3.37. The van der Waals surface area contributed by atoms with E-state index in [2.05, 4.69) is 10.2 Å². The Hall–Kier alpha value is -2.23. The van der Waals surface area contributed by atoms with Crippen LogP contribution in [0.5, 0.6) is 0 Å². The lowest BCUT2D eigenvalue weighted by molar-refractivity contribution is -0.137. The lowest BCUT2D eigenvalue weighted by Crippen LogP contribution is -2.15. The highest BCUT2D eigenvalue weighted by molar-refractivity contribution is 7.92. The Bertz CT molecular complexity index is 724. The van der Waals surface area contributed by atoms with Gasteiger partial charge in [0.25, 0.3) is 10.0 Å². The van der Waals surface area contributed by atoms with Gasteiger partial charge in [0.1, 0.15) is 0 Å². The first kappa shape index (κ1) is 14.2. The second kappa shape index (κ2) is 4.71. The van der Waals surface area contributed by atoms with Gasteiger partial charge in [0, 0.05) is 0 Å². The highest BCUT2D eigenvalue weighted by atomic mass is 32.2. The van der Waals surface area contributed by atoms with E-state index in [1.165, 1.54) is 6.20 Å². The Balaban J connectivity index is 2.38. The zero-order valence-electron chi connectivity index (χ0n) is 9.77. The minimum atomic E-state index is -4.63. The van der Waals surface area contributed by atoms with Gasteiger partial charge >= 0.3 is 6.18 Å². The summed E-state index contributed by atoms with van der Waals surface area (Å²) >= 11 is 0. The van der Waals surface area contributed by atoms with Crippen molar-refractivity contribution in [3.05, 3.63) is 36.0 Å². The molecule has 0 aliphatic rings. The van der Waals surface area contributed by atoms with E-state index >= 15 is 0 Å². The molecular weight excluding hydrogens is 297 g/mol. The fourth-order valence-corrected chi connectivity index (χ4v) is 2.50. The molecule has 0 amide bonds. The molecule has 20 heavy (non-hydrogen) atoms. The summed E-state index contributed by atoms with van der Waals surface area (Å²) in [6.45, 7) is 0. The maximum Gasteiger partial charge on any atom is 0.416 e. The molecule has 0 unspecified atom stereocenters. The van der Waals surface area contributed by atoms with Gasteiger partial charge in [-0.1, -0.05) is 6.07 Å². The molecule has 108 valence electrons. The normalized spacial score (nSPS) is 12.3. The summed E-state index contributed by atoms with van der Waals surface area (Å²) in [7, 11) is -4.19. The van der Waals surface area contributed by atoms with E-state index in [9.17, 15) is 21.6 Å². The van der Waals surface area contributed by atoms with Gasteiger partial charge in [0.05, 0.1) is 22.3 Å². The number of halogens is 3. The molecule has 0 saturated carbocycles. The third-order valence-corrected chi connectivity index (χ3v) is 3.72. The molecule has 6 nitrogen and oxygen atoms in total. The zero-order chi connectivity index (χ0) is 15.0. The fraction of sp³-hybridized carbons (Fsp3) is 0.100. The predicted molar refractivity (Wildman–Crippen MR) is 65.3 cm³/mol. The van der Waals surface area contributed by atoms with Crippen LogP contribution >= 0.6 is 0 Å². The average Bonchev–Trinajstić information content (AvgIpc) is 2.73. The van der Waals surface area contributed by atoms with Crippen LogP contribution in [0.25, 0.3) is 0 Å². The first-order valence-corrected chi connectivity index (χ1v) is 6.67. The zero-order valence-corrected chi connectivity index (χ0v) is 10.6. The number of benzene rings is 1. The fourth-order valence-electron chi connectivity index (χ4n) is 1.41. The average molecular weight is 306 g/mol. The molecule has 0 aliphatic carbocycles. The number of sulfonamides is 1. The molecule has 0 radical (unpaired) electrons. The molecular formula is C10H9F3N4O2S. The summed E-state index contributed by atoms with van der Waals surface area (Å²) in [6.07, 6.45) is -3.46. The number of hydrogen-bond donors (Lipinski definition) is 3. The van der Waals surface area contributed by atoms with Gasteiger partial charge < -0.3 is 5.73 Å². The molecule has 2 rings (SSSR count). The second-order valence-electron chi connectivity index (χ2n) is 3.83. The SMILES string of the molecule is Nc1cn[nH]c1NS(=O)(=O)c1cccc(C(F)(F)F)c1. The molecule has 1 heterocycles. The number of H-pyrrole nitrogens is 1. The van der Waals surface area contributed by atoms with Crippen LogP contribution in [0.3, 0.4) is 0 Å². The van der Waals surface area contributed by atoms with E-state index in [0.29, 0.717) is 6.07 Å². The van der Waals surface area contributed by atoms with Crippen molar-refractivity contribution in [2.45, 2.75) is 11.1 Å². The van der Waals surface area contributed by atoms with Gasteiger partial charge in [0.2, 0.25) is 0 Å². The Morgan fingerprint density at radius 2 is 2.00 bits per heavy atom. The van der Waals surface area contributed by atoms with Gasteiger partial charge in [-0.2, -0.15) is 18.3 Å². The van der Waals surface area contributed by atoms with Crippen LogP contribution in [0, 0.1) is 0 Å². The van der Waals surface area contributed by atoms with Crippen LogP contribution < -0.4 is 10.5 Å². The van der Waals surface area contributed by atoms with Crippen molar-refractivity contribution in [3.8, 4) is 0 Å². The van der Waals surface area contributed by atoms with Crippen molar-refractivity contribution in [1.82, 2.24) is 10.2 Å². The first-order valence-electron chi connectivity index (χ1n) is 5.19. The Morgan fingerprint density at radius 1 is 1.30 bits per heavy atom. The van der Waals surface area contributed by atoms with Crippen LogP contribution in [0.2, 0.25) is 0 Å². The molecule has 1 aromatic heterocycles. The van der Waals surface area contributed by atoms with Crippen LogP contribution in [-0.2, 0) is 16.2 Å². The third kappa shape index (κ3) is 2.85. The van der Waals surface area contributed by atoms with Crippen molar-refractivity contribution in [1.29, 1.82) is 0 Å². The molecule has 0 aliphatic heterocycles. The maximum absolute atomic E-state index is 12.5. The molecule has 0 bridgehead atoms. The Labute approximate surface area is 111 Å². The van der Waals surface area contributed by atoms with Crippen LogP contribution in [0.1, 0.15) is 5.56 Å². The van der Waals surface area contributed by atoms with E-state index in [-0.39, 0.29) is 11.5 Å². The van der Waals surface area contributed by atoms with Gasteiger partial charge in [-0.25, -0.2) is 8.42 Å². The smallest absolute Gasteiger partial charge is 0.394 e. The maximum atomic E-state index is 12.5. The molecule has 0 atom stereocenters. The van der Waals surface area contributed by atoms with Crippen molar-refractivity contribution >= 4 is 21.5 Å². The Morgan fingerprint density at radius 3 is 2.55 bits per heavy atom. The number of hydrogen-bond acceptors (Lipinski definition) is 4. The highest BCUT2D eigenvalue weighted by Gasteiger charge is 2.31. The van der Waals surface area contributed by atoms with E-state index < -0.39 is 26.7 Å². The number of nitrogens with two attached hydrogens (primary N) is 1. The number of anilines is 2. The summed E-state index contributed by atoms with van der Waals surface area (Å²) in [5.74, 6) is -0.109. The van der Waals surface area contributed by atoms with Gasteiger partial charge in [0.15, 0.2) is 5.82 Å². The second-order valence-corrected chi connectivity index (χ2v) is 5.51. The van der Waals surface area contributed by atoms with Crippen LogP contribution in [0.15, 0.2) is 35.4 Å². The summed E-state index contributed by atoms with van der Waals surface area (Å²) in [5.41, 5.74) is 4.40. The molecule has 0 fully saturated rings. The van der Waals surface area contributed by atoms with Crippen molar-refractivity contribution in [3.63, 3.8) is 0 Å². The monoisotopic (exact) mass is 306 g/mol. The predicted octanol–water partition coefficient (Wildman–Crippen LogP) is 1.81. The topological polar surface area (TPSA) is 101 Å². The quantitative estimate of drug-likeness (QED) is 0.805. The van der Waals surface area contributed by atoms with E-state index in [0.717, 1.165) is 18.2 Å². The van der Waals surface area contributed by atoms with E-state index in [1.807, 2.05) is 4.72 Å². The van der Waals surface area contributed by atoms with Crippen LogP contribution in [-0.4, -0.2) is 18.6 Å². The number of aromatic amines is 1. The number of rotatable bonds is 3. The lowest BCUT2D eigenvalue weighted by atomic mass is 10.2. The molecule has 0 saturated heterocycles. The Kier molecular flexibility index (Phi) is 3.34. The van der Waals surface area contributed by atoms with E-state index in [1.54, 1.807) is 0 Å². The molecule has 1 aromatic carbocycles. The summed E-state index contributed by atoms with van der Waals surface area (Å²) in [4.78, 5) is -0.527. The first-order chi connectivity index (χ1) is 9.20. The molecule has 2 aromatic rings. The van der Waals surface area contributed by atoms with Crippen molar-refractivity contribution in [2.75, 3.05) is 10.5 Å². The standard InChI is InChI=1S/C10H9F3N4O2S/c11-10(12,13)6-2-1-3-7(4-6)20(18,19)17-9-8(14)5-15-16-9/h1-5H,14H2,(H2,15,16,17). The van der Waals surface area contributed by atoms with Crippen molar-refractivity contribution in [2.24, 2.45) is 0 Å². The number of alkyl halides is 3. The largest absolute Gasteiger partial charge is 0.416 e. The number of nitrogen functional groups attached to an aromatic ring is 1. The number of nitrogens with zero attached hydrogens (tertiary/aromatic N) is 1. The van der Waals surface area contributed by atoms with Gasteiger partial charge in [-0.05, 0) is 18.2 Å². The molecule has 0 spiro atoms. The van der Waals surface area contributed by atoms with E-state index in [4.69, 9.17) is 5.73 Å². The highest BCUT2D eigenvalue weighted by Crippen LogP contribution is 2.31. The minimum Gasteiger partial charge on any atom is -0.394 e. The van der Waals surface area contributed by atoms with Gasteiger partial charge in [-0.3, -0.25) is 9.82 Å². The van der Waals surface area contributed by atoms with Crippen LogP contribution in [0.4, 0.5) is 24.7 Å². The summed E-state index contributed by atoms with van der Waals surface area (Å²) < 4.78 is 63.6. The summed E-state index contributed by atoms with van der Waals surface area (Å²) in [5, 5.41) is 5.79. The molecule has 10 heteroatoms. The molecule has 4 N–H and O–H groups in total. The third-order valence-electron chi connectivity index (χ3n) is 2.38. The minimum absolute atomic E-state index is 0.0283. The van der Waals surface area contributed by atoms with Crippen molar-refractivity contribution < 1.29 is 21.6 Å².